The largest absolute Gasteiger partial charge is 0.480 e. The molecule has 3 nitrogen and oxygen atoms in total. The summed E-state index contributed by atoms with van der Waals surface area (Å²) in [4.78, 5) is 4.48. The lowest BCUT2D eigenvalue weighted by molar-refractivity contribution is 0.387. The van der Waals surface area contributed by atoms with Crippen LogP contribution in [0.2, 0.25) is 0 Å². The van der Waals surface area contributed by atoms with E-state index < -0.39 is 0 Å². The summed E-state index contributed by atoms with van der Waals surface area (Å²) in [5.41, 5.74) is 0.333. The molecule has 0 N–H and O–H groups in total. The van der Waals surface area contributed by atoms with Crippen molar-refractivity contribution >= 4 is 12.6 Å². The van der Waals surface area contributed by atoms with Crippen LogP contribution in [0.4, 0.5) is 0 Å². The Hall–Kier alpha value is -1.21. The Balaban J connectivity index is 3.15. The van der Waals surface area contributed by atoms with Gasteiger partial charge in [0, 0.05) is 0 Å². The second-order valence-corrected chi connectivity index (χ2v) is 2.32. The summed E-state index contributed by atoms with van der Waals surface area (Å²) in [6.07, 6.45) is 0. The van der Waals surface area contributed by atoms with Gasteiger partial charge in [-0.15, -0.1) is 12.6 Å². The van der Waals surface area contributed by atoms with E-state index in [2.05, 4.69) is 17.6 Å². The fourth-order valence-corrected chi connectivity index (χ4v) is 0.861. The molecule has 0 aliphatic carbocycles. The minimum absolute atomic E-state index is 0.333. The SMILES string of the molecule is COc1nc(C#N)ccc1S. The second-order valence-electron chi connectivity index (χ2n) is 1.84. The Bertz CT molecular complexity index is 306. The average molecular weight is 166 g/mol. The average Bonchev–Trinajstić information content (AvgIpc) is 2.05. The van der Waals surface area contributed by atoms with Crippen molar-refractivity contribution in [1.82, 2.24) is 4.98 Å². The normalized spacial score (nSPS) is 8.82. The first-order valence-electron chi connectivity index (χ1n) is 2.92. The van der Waals surface area contributed by atoms with E-state index in [1.54, 1.807) is 12.1 Å². The van der Waals surface area contributed by atoms with E-state index >= 15 is 0 Å². The Morgan fingerprint density at radius 2 is 2.36 bits per heavy atom. The molecule has 0 fully saturated rings. The van der Waals surface area contributed by atoms with E-state index in [9.17, 15) is 0 Å². The first-order chi connectivity index (χ1) is 5.27. The van der Waals surface area contributed by atoms with Crippen LogP contribution >= 0.6 is 12.6 Å². The number of thiol groups is 1. The van der Waals surface area contributed by atoms with Gasteiger partial charge in [-0.2, -0.15) is 5.26 Å². The zero-order valence-corrected chi connectivity index (χ0v) is 6.80. The first-order valence-corrected chi connectivity index (χ1v) is 3.36. The number of hydrogen-bond donors (Lipinski definition) is 1. The maximum atomic E-state index is 8.46. The van der Waals surface area contributed by atoms with Gasteiger partial charge in [-0.05, 0) is 12.1 Å². The molecule has 0 bridgehead atoms. The molecule has 0 atom stereocenters. The zero-order valence-electron chi connectivity index (χ0n) is 5.90. The Labute approximate surface area is 70.0 Å². The molecule has 1 aromatic heterocycles. The summed E-state index contributed by atoms with van der Waals surface area (Å²) < 4.78 is 4.85. The van der Waals surface area contributed by atoms with Crippen molar-refractivity contribution in [3.63, 3.8) is 0 Å². The molecule has 0 spiro atoms. The maximum Gasteiger partial charge on any atom is 0.228 e. The molecule has 1 aromatic rings. The highest BCUT2D eigenvalue weighted by Gasteiger charge is 2.00. The molecule has 1 rings (SSSR count). The molecule has 0 aliphatic heterocycles. The van der Waals surface area contributed by atoms with Gasteiger partial charge >= 0.3 is 0 Å². The van der Waals surface area contributed by atoms with Crippen molar-refractivity contribution in [3.8, 4) is 11.9 Å². The molecule has 4 heteroatoms. The van der Waals surface area contributed by atoms with Gasteiger partial charge in [0.05, 0.1) is 12.0 Å². The molecule has 0 amide bonds. The van der Waals surface area contributed by atoms with Gasteiger partial charge in [-0.3, -0.25) is 0 Å². The third-order valence-electron chi connectivity index (χ3n) is 1.15. The maximum absolute atomic E-state index is 8.46. The lowest BCUT2D eigenvalue weighted by atomic mass is 10.4. The standard InChI is InChI=1S/C7H6N2OS/c1-10-7-6(11)3-2-5(4-8)9-7/h2-3,11H,1H3. The lowest BCUT2D eigenvalue weighted by Gasteiger charge is -2.00. The summed E-state index contributed by atoms with van der Waals surface area (Å²) in [6, 6.07) is 5.17. The van der Waals surface area contributed by atoms with Crippen LogP contribution in [0.15, 0.2) is 17.0 Å². The summed E-state index contributed by atoms with van der Waals surface area (Å²) in [5.74, 6) is 0.382. The van der Waals surface area contributed by atoms with Crippen LogP contribution in [0, 0.1) is 11.3 Å². The van der Waals surface area contributed by atoms with Gasteiger partial charge in [0.1, 0.15) is 11.8 Å². The minimum Gasteiger partial charge on any atom is -0.480 e. The van der Waals surface area contributed by atoms with Crippen LogP contribution in [-0.2, 0) is 0 Å². The topological polar surface area (TPSA) is 45.9 Å². The zero-order chi connectivity index (χ0) is 8.27. The first kappa shape index (κ1) is 7.89. The van der Waals surface area contributed by atoms with E-state index in [-0.39, 0.29) is 0 Å². The smallest absolute Gasteiger partial charge is 0.228 e. The number of nitriles is 1. The predicted octanol–water partition coefficient (Wildman–Crippen LogP) is 1.25. The second kappa shape index (κ2) is 3.26. The van der Waals surface area contributed by atoms with Gasteiger partial charge in [-0.25, -0.2) is 4.98 Å². The van der Waals surface area contributed by atoms with Crippen molar-refractivity contribution in [2.75, 3.05) is 7.11 Å². The van der Waals surface area contributed by atoms with E-state index in [0.717, 1.165) is 0 Å². The van der Waals surface area contributed by atoms with Gasteiger partial charge in [0.2, 0.25) is 5.88 Å². The van der Waals surface area contributed by atoms with Crippen molar-refractivity contribution in [2.45, 2.75) is 4.90 Å². The fourth-order valence-electron chi connectivity index (χ4n) is 0.646. The predicted molar refractivity (Wildman–Crippen MR) is 42.8 cm³/mol. The molecular formula is C7H6N2OS. The number of aromatic nitrogens is 1. The minimum atomic E-state index is 0.333. The van der Waals surface area contributed by atoms with Crippen LogP contribution < -0.4 is 4.74 Å². The van der Waals surface area contributed by atoms with Crippen LogP contribution in [-0.4, -0.2) is 12.1 Å². The number of pyridine rings is 1. The highest BCUT2D eigenvalue weighted by atomic mass is 32.1. The number of methoxy groups -OCH3 is 1. The van der Waals surface area contributed by atoms with E-state index in [1.165, 1.54) is 7.11 Å². The molecule has 1 heterocycles. The highest BCUT2D eigenvalue weighted by Crippen LogP contribution is 2.18. The number of hydrogen-bond acceptors (Lipinski definition) is 4. The third-order valence-corrected chi connectivity index (χ3v) is 1.49. The number of nitrogens with zero attached hydrogens (tertiary/aromatic N) is 2. The van der Waals surface area contributed by atoms with Gasteiger partial charge in [0.25, 0.3) is 0 Å². The van der Waals surface area contributed by atoms with Crippen molar-refractivity contribution in [2.24, 2.45) is 0 Å². The van der Waals surface area contributed by atoms with Crippen molar-refractivity contribution < 1.29 is 4.74 Å². The molecule has 11 heavy (non-hydrogen) atoms. The molecule has 0 aliphatic rings. The van der Waals surface area contributed by atoms with Gasteiger partial charge < -0.3 is 4.74 Å². The Kier molecular flexibility index (Phi) is 2.34. The van der Waals surface area contributed by atoms with E-state index in [1.807, 2.05) is 6.07 Å². The number of ether oxygens (including phenoxy) is 1. The lowest BCUT2D eigenvalue weighted by Crippen LogP contribution is -1.90. The molecule has 0 saturated carbocycles. The molecule has 56 valence electrons. The van der Waals surface area contributed by atoms with Crippen molar-refractivity contribution in [1.29, 1.82) is 5.26 Å². The summed E-state index contributed by atoms with van der Waals surface area (Å²) in [5, 5.41) is 8.46. The van der Waals surface area contributed by atoms with E-state index in [4.69, 9.17) is 10.00 Å². The third kappa shape index (κ3) is 1.63. The van der Waals surface area contributed by atoms with Crippen LogP contribution in [0.1, 0.15) is 5.69 Å². The fraction of sp³-hybridized carbons (Fsp3) is 0.143. The Morgan fingerprint density at radius 1 is 1.64 bits per heavy atom. The van der Waals surface area contributed by atoms with Crippen LogP contribution in [0.25, 0.3) is 0 Å². The number of rotatable bonds is 1. The molecule has 0 radical (unpaired) electrons. The van der Waals surface area contributed by atoms with Crippen LogP contribution in [0.3, 0.4) is 0 Å². The van der Waals surface area contributed by atoms with Crippen molar-refractivity contribution in [3.05, 3.63) is 17.8 Å². The summed E-state index contributed by atoms with van der Waals surface area (Å²) in [6.45, 7) is 0. The summed E-state index contributed by atoms with van der Waals surface area (Å²) in [7, 11) is 1.49. The molecule has 0 unspecified atom stereocenters. The quantitative estimate of drug-likeness (QED) is 0.639. The van der Waals surface area contributed by atoms with Gasteiger partial charge in [0.15, 0.2) is 0 Å². The monoisotopic (exact) mass is 166 g/mol. The highest BCUT2D eigenvalue weighted by molar-refractivity contribution is 7.80. The Morgan fingerprint density at radius 3 is 2.91 bits per heavy atom. The summed E-state index contributed by atoms with van der Waals surface area (Å²) >= 11 is 4.07. The molecule has 0 aromatic carbocycles. The van der Waals surface area contributed by atoms with E-state index in [0.29, 0.717) is 16.5 Å². The van der Waals surface area contributed by atoms with Crippen LogP contribution in [0.5, 0.6) is 5.88 Å². The van der Waals surface area contributed by atoms with Gasteiger partial charge in [-0.1, -0.05) is 0 Å². The molecular weight excluding hydrogens is 160 g/mol. The molecule has 0 saturated heterocycles.